The van der Waals surface area contributed by atoms with Crippen LogP contribution in [0.1, 0.15) is 42.5 Å². The fourth-order valence-electron chi connectivity index (χ4n) is 2.53. The van der Waals surface area contributed by atoms with Gasteiger partial charge in [-0.2, -0.15) is 5.10 Å². The van der Waals surface area contributed by atoms with E-state index in [2.05, 4.69) is 21.3 Å². The van der Waals surface area contributed by atoms with E-state index in [0.717, 1.165) is 12.1 Å². The average molecular weight is 271 g/mol. The lowest BCUT2D eigenvalue weighted by Crippen LogP contribution is -2.23. The van der Waals surface area contributed by atoms with Gasteiger partial charge in [0.25, 0.3) is 0 Å². The monoisotopic (exact) mass is 271 g/mol. The molecule has 1 aromatic carbocycles. The molecular weight excluding hydrogens is 250 g/mol. The first-order valence-electron chi connectivity index (χ1n) is 7.29. The highest BCUT2D eigenvalue weighted by molar-refractivity contribution is 5.19. The van der Waals surface area contributed by atoms with Crippen molar-refractivity contribution in [2.45, 2.75) is 37.9 Å². The third-order valence-electron chi connectivity index (χ3n) is 4.04. The highest BCUT2D eigenvalue weighted by Crippen LogP contribution is 2.30. The minimum Gasteiger partial charge on any atom is -0.394 e. The standard InChI is InChI=1S/C16H21N3O/c20-12-16(14-5-2-1-3-6-14)17-9-13-10-18-19(11-13)15-7-4-8-15/h1-3,5-6,10-11,15-17,20H,4,7-9,12H2/t16-/m0/s1. The largest absolute Gasteiger partial charge is 0.394 e. The Hall–Kier alpha value is -1.65. The molecular formula is C16H21N3O. The summed E-state index contributed by atoms with van der Waals surface area (Å²) in [5.41, 5.74) is 2.28. The fourth-order valence-corrected chi connectivity index (χ4v) is 2.53. The average Bonchev–Trinajstić information content (AvgIpc) is 2.87. The van der Waals surface area contributed by atoms with Crippen LogP contribution >= 0.6 is 0 Å². The van der Waals surface area contributed by atoms with Gasteiger partial charge in [-0.1, -0.05) is 30.3 Å². The van der Waals surface area contributed by atoms with E-state index in [1.807, 2.05) is 36.5 Å². The first-order valence-corrected chi connectivity index (χ1v) is 7.29. The van der Waals surface area contributed by atoms with Crippen molar-refractivity contribution in [3.05, 3.63) is 53.9 Å². The number of nitrogens with zero attached hydrogens (tertiary/aromatic N) is 2. The molecule has 1 saturated carbocycles. The van der Waals surface area contributed by atoms with E-state index in [0.29, 0.717) is 6.04 Å². The predicted molar refractivity (Wildman–Crippen MR) is 78.2 cm³/mol. The van der Waals surface area contributed by atoms with Gasteiger partial charge < -0.3 is 10.4 Å². The van der Waals surface area contributed by atoms with Crippen molar-refractivity contribution in [1.29, 1.82) is 0 Å². The lowest BCUT2D eigenvalue weighted by molar-refractivity contribution is 0.243. The lowest BCUT2D eigenvalue weighted by atomic mass is 9.93. The topological polar surface area (TPSA) is 50.1 Å². The van der Waals surface area contributed by atoms with Crippen LogP contribution < -0.4 is 5.32 Å². The molecule has 0 spiro atoms. The van der Waals surface area contributed by atoms with Gasteiger partial charge in [0.15, 0.2) is 0 Å². The van der Waals surface area contributed by atoms with Crippen LogP contribution in [0.15, 0.2) is 42.7 Å². The van der Waals surface area contributed by atoms with Crippen molar-refractivity contribution in [1.82, 2.24) is 15.1 Å². The normalized spacial score (nSPS) is 16.9. The lowest BCUT2D eigenvalue weighted by Gasteiger charge is -2.25. The molecule has 4 heteroatoms. The summed E-state index contributed by atoms with van der Waals surface area (Å²) in [6.07, 6.45) is 7.86. The molecule has 0 amide bonds. The smallest absolute Gasteiger partial charge is 0.0626 e. The molecule has 1 aliphatic carbocycles. The molecule has 20 heavy (non-hydrogen) atoms. The molecule has 3 rings (SSSR count). The molecule has 1 atom stereocenters. The third-order valence-corrected chi connectivity index (χ3v) is 4.04. The molecule has 106 valence electrons. The highest BCUT2D eigenvalue weighted by atomic mass is 16.3. The molecule has 0 bridgehead atoms. The summed E-state index contributed by atoms with van der Waals surface area (Å²) in [7, 11) is 0. The third kappa shape index (κ3) is 2.92. The quantitative estimate of drug-likeness (QED) is 0.848. The van der Waals surface area contributed by atoms with Gasteiger partial charge in [0, 0.05) is 18.3 Å². The zero-order chi connectivity index (χ0) is 13.8. The summed E-state index contributed by atoms with van der Waals surface area (Å²) >= 11 is 0. The van der Waals surface area contributed by atoms with E-state index < -0.39 is 0 Å². The highest BCUT2D eigenvalue weighted by Gasteiger charge is 2.20. The maximum atomic E-state index is 9.51. The van der Waals surface area contributed by atoms with E-state index in [9.17, 15) is 5.11 Å². The van der Waals surface area contributed by atoms with Gasteiger partial charge in [0.2, 0.25) is 0 Å². The van der Waals surface area contributed by atoms with Crippen molar-refractivity contribution >= 4 is 0 Å². The van der Waals surface area contributed by atoms with Gasteiger partial charge in [-0.15, -0.1) is 0 Å². The number of aliphatic hydroxyl groups excluding tert-OH is 1. The number of hydrogen-bond acceptors (Lipinski definition) is 3. The Morgan fingerprint density at radius 2 is 2.10 bits per heavy atom. The van der Waals surface area contributed by atoms with Crippen LogP contribution in [0.4, 0.5) is 0 Å². The Balaban J connectivity index is 1.58. The number of benzene rings is 1. The molecule has 0 saturated heterocycles. The van der Waals surface area contributed by atoms with Crippen LogP contribution in [0.25, 0.3) is 0 Å². The van der Waals surface area contributed by atoms with Gasteiger partial charge >= 0.3 is 0 Å². The first kappa shape index (κ1) is 13.3. The molecule has 0 aliphatic heterocycles. The number of aromatic nitrogens is 2. The van der Waals surface area contributed by atoms with Gasteiger partial charge in [-0.05, 0) is 24.8 Å². The van der Waals surface area contributed by atoms with Gasteiger partial charge in [0.1, 0.15) is 0 Å². The minimum atomic E-state index is -0.0248. The summed E-state index contributed by atoms with van der Waals surface area (Å²) in [5, 5.41) is 17.3. The molecule has 0 unspecified atom stereocenters. The van der Waals surface area contributed by atoms with Crippen molar-refractivity contribution < 1.29 is 5.11 Å². The van der Waals surface area contributed by atoms with E-state index in [-0.39, 0.29) is 12.6 Å². The van der Waals surface area contributed by atoms with E-state index in [4.69, 9.17) is 0 Å². The second-order valence-electron chi connectivity index (χ2n) is 5.44. The fraction of sp³-hybridized carbons (Fsp3) is 0.438. The molecule has 2 aromatic rings. The molecule has 1 aliphatic rings. The van der Waals surface area contributed by atoms with Crippen molar-refractivity contribution in [3.63, 3.8) is 0 Å². The number of rotatable bonds is 6. The second kappa shape index (κ2) is 6.20. The number of nitrogens with one attached hydrogen (secondary N) is 1. The summed E-state index contributed by atoms with van der Waals surface area (Å²) in [4.78, 5) is 0. The van der Waals surface area contributed by atoms with Crippen LogP contribution in [0, 0.1) is 0 Å². The Morgan fingerprint density at radius 1 is 1.30 bits per heavy atom. The summed E-state index contributed by atoms with van der Waals surface area (Å²) in [6.45, 7) is 0.827. The molecule has 2 N–H and O–H groups in total. The molecule has 0 radical (unpaired) electrons. The summed E-state index contributed by atoms with van der Waals surface area (Å²) in [5.74, 6) is 0. The van der Waals surface area contributed by atoms with Crippen molar-refractivity contribution in [3.8, 4) is 0 Å². The van der Waals surface area contributed by atoms with Crippen LogP contribution in [0.5, 0.6) is 0 Å². The molecule has 1 heterocycles. The Bertz CT molecular complexity index is 534. The molecule has 4 nitrogen and oxygen atoms in total. The van der Waals surface area contributed by atoms with Gasteiger partial charge in [-0.3, -0.25) is 4.68 Å². The van der Waals surface area contributed by atoms with E-state index in [1.54, 1.807) is 0 Å². The Kier molecular flexibility index (Phi) is 4.14. The summed E-state index contributed by atoms with van der Waals surface area (Å²) in [6, 6.07) is 10.6. The minimum absolute atomic E-state index is 0.0248. The predicted octanol–water partition coefficient (Wildman–Crippen LogP) is 2.43. The van der Waals surface area contributed by atoms with Crippen molar-refractivity contribution in [2.75, 3.05) is 6.61 Å². The van der Waals surface area contributed by atoms with Gasteiger partial charge in [-0.25, -0.2) is 0 Å². The summed E-state index contributed by atoms with van der Waals surface area (Å²) < 4.78 is 2.08. The van der Waals surface area contributed by atoms with E-state index in [1.165, 1.54) is 24.8 Å². The second-order valence-corrected chi connectivity index (χ2v) is 5.44. The van der Waals surface area contributed by atoms with Crippen LogP contribution in [0.3, 0.4) is 0 Å². The van der Waals surface area contributed by atoms with E-state index >= 15 is 0 Å². The maximum Gasteiger partial charge on any atom is 0.0626 e. The molecule has 1 fully saturated rings. The zero-order valence-electron chi connectivity index (χ0n) is 11.6. The van der Waals surface area contributed by atoms with Gasteiger partial charge in [0.05, 0.1) is 24.9 Å². The number of hydrogen-bond donors (Lipinski definition) is 2. The van der Waals surface area contributed by atoms with Crippen LogP contribution in [-0.4, -0.2) is 21.5 Å². The maximum absolute atomic E-state index is 9.51. The number of aliphatic hydroxyl groups is 1. The zero-order valence-corrected chi connectivity index (χ0v) is 11.6. The molecule has 1 aromatic heterocycles. The first-order chi connectivity index (χ1) is 9.86. The van der Waals surface area contributed by atoms with Crippen LogP contribution in [-0.2, 0) is 6.54 Å². The van der Waals surface area contributed by atoms with Crippen LogP contribution in [0.2, 0.25) is 0 Å². The SMILES string of the molecule is OC[C@H](NCc1cnn(C2CCC2)c1)c1ccccc1. The Morgan fingerprint density at radius 3 is 2.75 bits per heavy atom. The Labute approximate surface area is 119 Å². The van der Waals surface area contributed by atoms with Crippen molar-refractivity contribution in [2.24, 2.45) is 0 Å².